The Morgan fingerprint density at radius 1 is 1.00 bits per heavy atom. The van der Waals surface area contributed by atoms with Crippen LogP contribution in [0.1, 0.15) is 12.5 Å². The summed E-state index contributed by atoms with van der Waals surface area (Å²) in [5.41, 5.74) is 0.404. The van der Waals surface area contributed by atoms with E-state index < -0.39 is 11.6 Å². The topological polar surface area (TPSA) is 108 Å². The van der Waals surface area contributed by atoms with E-state index >= 15 is 0 Å². The van der Waals surface area contributed by atoms with Gasteiger partial charge >= 0.3 is 5.69 Å². The Kier molecular flexibility index (Phi) is 6.07. The zero-order valence-corrected chi connectivity index (χ0v) is 17.4. The highest BCUT2D eigenvalue weighted by molar-refractivity contribution is 5.92. The van der Waals surface area contributed by atoms with Crippen molar-refractivity contribution >= 4 is 22.6 Å². The molecule has 1 aromatic carbocycles. The number of anilines is 1. The molecule has 0 atom stereocenters. The Morgan fingerprint density at radius 2 is 1.78 bits per heavy atom. The van der Waals surface area contributed by atoms with Crippen LogP contribution in [0.15, 0.2) is 76.7 Å². The van der Waals surface area contributed by atoms with Crippen LogP contribution in [-0.4, -0.2) is 25.0 Å². The molecule has 32 heavy (non-hydrogen) atoms. The summed E-state index contributed by atoms with van der Waals surface area (Å²) in [5, 5.41) is 3.08. The number of hydrogen-bond acceptors (Lipinski definition) is 6. The zero-order valence-electron chi connectivity index (χ0n) is 17.4. The molecule has 0 fully saturated rings. The lowest BCUT2D eigenvalue weighted by atomic mass is 10.2. The van der Waals surface area contributed by atoms with Crippen molar-refractivity contribution in [1.29, 1.82) is 0 Å². The second kappa shape index (κ2) is 9.25. The molecule has 1 amide bonds. The number of benzene rings is 1. The molecule has 0 aliphatic carbocycles. The van der Waals surface area contributed by atoms with Gasteiger partial charge in [0.15, 0.2) is 11.6 Å². The Hall–Kier alpha value is -4.27. The number of amides is 1. The quantitative estimate of drug-likeness (QED) is 0.481. The standard InChI is InChI=1S/C23H21N5O4/c1-2-27-22(30)17-6-3-4-7-18(17)28(23(27)31)14-20(29)26-21-19(8-5-11-25-21)32-15-16-9-12-24-13-10-16/h3-13H,2,14-15H2,1H3,(H,25,26,29). The van der Waals surface area contributed by atoms with Gasteiger partial charge in [0, 0.05) is 25.1 Å². The maximum absolute atomic E-state index is 12.8. The molecule has 0 bridgehead atoms. The van der Waals surface area contributed by atoms with Crippen molar-refractivity contribution < 1.29 is 9.53 Å². The van der Waals surface area contributed by atoms with Crippen LogP contribution in [0, 0.1) is 0 Å². The minimum absolute atomic E-state index is 0.206. The molecule has 0 aliphatic heterocycles. The van der Waals surface area contributed by atoms with Gasteiger partial charge in [-0.15, -0.1) is 0 Å². The van der Waals surface area contributed by atoms with Crippen molar-refractivity contribution in [3.63, 3.8) is 0 Å². The van der Waals surface area contributed by atoms with E-state index in [0.717, 1.165) is 10.1 Å². The second-order valence-electron chi connectivity index (χ2n) is 6.98. The van der Waals surface area contributed by atoms with Crippen LogP contribution in [0.4, 0.5) is 5.82 Å². The summed E-state index contributed by atoms with van der Waals surface area (Å²) in [7, 11) is 0. The average Bonchev–Trinajstić information content (AvgIpc) is 2.82. The maximum atomic E-state index is 12.8. The minimum Gasteiger partial charge on any atom is -0.485 e. The third kappa shape index (κ3) is 4.27. The van der Waals surface area contributed by atoms with Crippen molar-refractivity contribution in [2.45, 2.75) is 26.6 Å². The number of nitrogens with one attached hydrogen (secondary N) is 1. The van der Waals surface area contributed by atoms with E-state index in [0.29, 0.717) is 16.7 Å². The van der Waals surface area contributed by atoms with Gasteiger partial charge in [0.2, 0.25) is 5.91 Å². The summed E-state index contributed by atoms with van der Waals surface area (Å²) < 4.78 is 8.20. The Labute approximate surface area is 182 Å². The maximum Gasteiger partial charge on any atom is 0.331 e. The number of pyridine rings is 2. The SMILES string of the molecule is CCn1c(=O)c2ccccc2n(CC(=O)Nc2ncccc2OCc2ccncc2)c1=O. The van der Waals surface area contributed by atoms with Gasteiger partial charge in [0.05, 0.1) is 10.9 Å². The Morgan fingerprint density at radius 3 is 2.56 bits per heavy atom. The van der Waals surface area contributed by atoms with E-state index in [9.17, 15) is 14.4 Å². The van der Waals surface area contributed by atoms with Crippen LogP contribution >= 0.6 is 0 Å². The number of carbonyl (C=O) groups is 1. The van der Waals surface area contributed by atoms with E-state index in [1.807, 2.05) is 12.1 Å². The fourth-order valence-corrected chi connectivity index (χ4v) is 3.36. The first-order chi connectivity index (χ1) is 15.6. The van der Waals surface area contributed by atoms with Crippen LogP contribution in [0.5, 0.6) is 5.75 Å². The smallest absolute Gasteiger partial charge is 0.331 e. The van der Waals surface area contributed by atoms with Crippen molar-refractivity contribution in [3.05, 3.63) is 93.5 Å². The summed E-state index contributed by atoms with van der Waals surface area (Å²) in [6.45, 7) is 1.92. The third-order valence-corrected chi connectivity index (χ3v) is 4.92. The van der Waals surface area contributed by atoms with Gasteiger partial charge < -0.3 is 10.1 Å². The van der Waals surface area contributed by atoms with Crippen LogP contribution in [-0.2, 0) is 24.5 Å². The van der Waals surface area contributed by atoms with Gasteiger partial charge in [-0.2, -0.15) is 0 Å². The number of aromatic nitrogens is 4. The number of para-hydroxylation sites is 1. The predicted molar refractivity (Wildman–Crippen MR) is 120 cm³/mol. The monoisotopic (exact) mass is 431 g/mol. The highest BCUT2D eigenvalue weighted by atomic mass is 16.5. The lowest BCUT2D eigenvalue weighted by molar-refractivity contribution is -0.116. The number of carbonyl (C=O) groups excluding carboxylic acids is 1. The van der Waals surface area contributed by atoms with Gasteiger partial charge in [0.25, 0.3) is 5.56 Å². The largest absolute Gasteiger partial charge is 0.485 e. The Balaban J connectivity index is 1.59. The fourth-order valence-electron chi connectivity index (χ4n) is 3.36. The molecular weight excluding hydrogens is 410 g/mol. The lowest BCUT2D eigenvalue weighted by Crippen LogP contribution is -2.41. The van der Waals surface area contributed by atoms with E-state index in [2.05, 4.69) is 15.3 Å². The molecule has 0 spiro atoms. The van der Waals surface area contributed by atoms with Crippen molar-refractivity contribution in [3.8, 4) is 5.75 Å². The highest BCUT2D eigenvalue weighted by Crippen LogP contribution is 2.22. The molecule has 4 rings (SSSR count). The van der Waals surface area contributed by atoms with Gasteiger partial charge in [-0.25, -0.2) is 9.78 Å². The van der Waals surface area contributed by atoms with Gasteiger partial charge in [-0.3, -0.25) is 23.7 Å². The molecule has 0 saturated carbocycles. The molecule has 3 heterocycles. The van der Waals surface area contributed by atoms with Crippen LogP contribution in [0.2, 0.25) is 0 Å². The number of hydrogen-bond donors (Lipinski definition) is 1. The first-order valence-corrected chi connectivity index (χ1v) is 10.1. The minimum atomic E-state index is -0.540. The summed E-state index contributed by atoms with van der Waals surface area (Å²) in [5.74, 6) is 0.173. The molecule has 3 aromatic heterocycles. The molecule has 0 aliphatic rings. The van der Waals surface area contributed by atoms with Crippen molar-refractivity contribution in [2.24, 2.45) is 0 Å². The summed E-state index contributed by atoms with van der Waals surface area (Å²) in [4.78, 5) is 46.4. The first-order valence-electron chi connectivity index (χ1n) is 10.1. The second-order valence-corrected chi connectivity index (χ2v) is 6.98. The normalized spacial score (nSPS) is 10.8. The number of fused-ring (bicyclic) bond motifs is 1. The highest BCUT2D eigenvalue weighted by Gasteiger charge is 2.16. The van der Waals surface area contributed by atoms with Gasteiger partial charge in [-0.05, 0) is 48.9 Å². The van der Waals surface area contributed by atoms with Crippen molar-refractivity contribution in [2.75, 3.05) is 5.32 Å². The van der Waals surface area contributed by atoms with Crippen LogP contribution in [0.3, 0.4) is 0 Å². The molecule has 4 aromatic rings. The molecule has 0 saturated heterocycles. The molecule has 162 valence electrons. The molecule has 0 unspecified atom stereocenters. The van der Waals surface area contributed by atoms with E-state index in [4.69, 9.17) is 4.74 Å². The number of ether oxygens (including phenoxy) is 1. The summed E-state index contributed by atoms with van der Waals surface area (Å²) >= 11 is 0. The molecule has 0 radical (unpaired) electrons. The molecule has 9 nitrogen and oxygen atoms in total. The van der Waals surface area contributed by atoms with Gasteiger partial charge in [-0.1, -0.05) is 12.1 Å². The van der Waals surface area contributed by atoms with E-state index in [1.54, 1.807) is 55.7 Å². The van der Waals surface area contributed by atoms with E-state index in [-0.39, 0.29) is 31.1 Å². The first kappa shape index (κ1) is 21.0. The lowest BCUT2D eigenvalue weighted by Gasteiger charge is -2.14. The van der Waals surface area contributed by atoms with E-state index in [1.165, 1.54) is 10.8 Å². The van der Waals surface area contributed by atoms with Crippen LogP contribution < -0.4 is 21.3 Å². The summed E-state index contributed by atoms with van der Waals surface area (Å²) in [6.07, 6.45) is 4.87. The third-order valence-electron chi connectivity index (χ3n) is 4.92. The number of nitrogens with zero attached hydrogens (tertiary/aromatic N) is 4. The number of rotatable bonds is 7. The molecule has 9 heteroatoms. The fraction of sp³-hybridized carbons (Fsp3) is 0.174. The molecule has 1 N–H and O–H groups in total. The summed E-state index contributed by atoms with van der Waals surface area (Å²) in [6, 6.07) is 13.8. The Bertz CT molecular complexity index is 1380. The van der Waals surface area contributed by atoms with Gasteiger partial charge in [0.1, 0.15) is 13.2 Å². The molecular formula is C23H21N5O4. The zero-order chi connectivity index (χ0) is 22.5. The predicted octanol–water partition coefficient (Wildman–Crippen LogP) is 2.19. The average molecular weight is 431 g/mol. The van der Waals surface area contributed by atoms with Crippen molar-refractivity contribution in [1.82, 2.24) is 19.1 Å². The van der Waals surface area contributed by atoms with Crippen LogP contribution in [0.25, 0.3) is 10.9 Å².